The fourth-order valence-electron chi connectivity index (χ4n) is 1.84. The molecule has 0 fully saturated rings. The lowest BCUT2D eigenvalue weighted by Gasteiger charge is -2.07. The van der Waals surface area contributed by atoms with Gasteiger partial charge in [0.2, 0.25) is 5.75 Å². The number of benzene rings is 2. The van der Waals surface area contributed by atoms with Crippen LogP contribution >= 0.6 is 23.8 Å². The highest BCUT2D eigenvalue weighted by atomic mass is 35.5. The fourth-order valence-corrected chi connectivity index (χ4v) is 2.23. The first kappa shape index (κ1) is 18.4. The topological polar surface area (TPSA) is 109 Å². The van der Waals surface area contributed by atoms with Crippen LogP contribution in [0.5, 0.6) is 11.5 Å². The van der Waals surface area contributed by atoms with Crippen LogP contribution in [0.4, 0.5) is 11.4 Å². The minimum Gasteiger partial charge on any atom is -0.502 e. The molecule has 3 N–H and O–H groups in total. The first-order chi connectivity index (χ1) is 11.9. The fraction of sp³-hybridized carbons (Fsp3) is 0.0667. The SMILES string of the molecule is COc1ccc(NC(=S)N/N=C/c2cc(Cl)cc([N+](=O)[O-])c2O)cc1. The monoisotopic (exact) mass is 380 g/mol. The zero-order valence-corrected chi connectivity index (χ0v) is 14.5. The summed E-state index contributed by atoms with van der Waals surface area (Å²) in [6.07, 6.45) is 1.18. The lowest BCUT2D eigenvalue weighted by atomic mass is 10.2. The number of rotatable bonds is 5. The number of aromatic hydroxyl groups is 1. The number of nitrogens with one attached hydrogen (secondary N) is 2. The molecule has 0 saturated carbocycles. The summed E-state index contributed by atoms with van der Waals surface area (Å²) < 4.78 is 5.05. The quantitative estimate of drug-likeness (QED) is 0.316. The summed E-state index contributed by atoms with van der Waals surface area (Å²) in [5, 5.41) is 27.7. The summed E-state index contributed by atoms with van der Waals surface area (Å²) in [6, 6.07) is 9.45. The lowest BCUT2D eigenvalue weighted by molar-refractivity contribution is -0.385. The summed E-state index contributed by atoms with van der Waals surface area (Å²) in [7, 11) is 1.57. The maximum Gasteiger partial charge on any atom is 0.312 e. The Morgan fingerprint density at radius 1 is 1.40 bits per heavy atom. The third kappa shape index (κ3) is 5.03. The van der Waals surface area contributed by atoms with Crippen LogP contribution in [0.2, 0.25) is 5.02 Å². The Hall–Kier alpha value is -2.91. The molecule has 0 aliphatic heterocycles. The molecule has 0 aliphatic carbocycles. The zero-order chi connectivity index (χ0) is 18.4. The van der Waals surface area contributed by atoms with E-state index in [0.717, 1.165) is 11.8 Å². The molecular weight excluding hydrogens is 368 g/mol. The number of hydrazone groups is 1. The molecule has 0 amide bonds. The van der Waals surface area contributed by atoms with E-state index in [-0.39, 0.29) is 15.7 Å². The average Bonchev–Trinajstić information content (AvgIpc) is 2.58. The molecular formula is C15H13ClN4O4S. The lowest BCUT2D eigenvalue weighted by Crippen LogP contribution is -2.23. The summed E-state index contributed by atoms with van der Waals surface area (Å²) in [5.74, 6) is 0.175. The van der Waals surface area contributed by atoms with Crippen molar-refractivity contribution in [3.05, 3.63) is 57.1 Å². The molecule has 0 heterocycles. The predicted octanol–water partition coefficient (Wildman–Crippen LogP) is 3.28. The van der Waals surface area contributed by atoms with Gasteiger partial charge in [-0.2, -0.15) is 5.10 Å². The smallest absolute Gasteiger partial charge is 0.312 e. The van der Waals surface area contributed by atoms with Crippen molar-refractivity contribution in [2.24, 2.45) is 5.10 Å². The molecule has 0 aromatic heterocycles. The largest absolute Gasteiger partial charge is 0.502 e. The number of halogens is 1. The molecule has 0 radical (unpaired) electrons. The van der Waals surface area contributed by atoms with Gasteiger partial charge in [-0.1, -0.05) is 11.6 Å². The van der Waals surface area contributed by atoms with E-state index in [4.69, 9.17) is 28.6 Å². The first-order valence-electron chi connectivity index (χ1n) is 6.81. The van der Waals surface area contributed by atoms with Gasteiger partial charge in [0.05, 0.1) is 18.2 Å². The maximum atomic E-state index is 10.8. The van der Waals surface area contributed by atoms with Gasteiger partial charge in [-0.15, -0.1) is 0 Å². The molecule has 10 heteroatoms. The van der Waals surface area contributed by atoms with Crippen LogP contribution in [0, 0.1) is 10.1 Å². The van der Waals surface area contributed by atoms with Crippen LogP contribution in [0.15, 0.2) is 41.5 Å². The van der Waals surface area contributed by atoms with Gasteiger partial charge in [0.15, 0.2) is 5.11 Å². The van der Waals surface area contributed by atoms with E-state index in [2.05, 4.69) is 15.8 Å². The molecule has 0 aliphatic rings. The molecule has 8 nitrogen and oxygen atoms in total. The third-order valence-electron chi connectivity index (χ3n) is 3.00. The summed E-state index contributed by atoms with van der Waals surface area (Å²) in [6.45, 7) is 0. The van der Waals surface area contributed by atoms with Gasteiger partial charge in [0.25, 0.3) is 0 Å². The van der Waals surface area contributed by atoms with E-state index in [9.17, 15) is 15.2 Å². The molecule has 25 heavy (non-hydrogen) atoms. The van der Waals surface area contributed by atoms with Crippen molar-refractivity contribution < 1.29 is 14.8 Å². The number of hydrogen-bond acceptors (Lipinski definition) is 6. The van der Waals surface area contributed by atoms with Gasteiger partial charge in [0, 0.05) is 22.3 Å². The maximum absolute atomic E-state index is 10.8. The molecule has 0 spiro atoms. The highest BCUT2D eigenvalue weighted by Gasteiger charge is 2.17. The van der Waals surface area contributed by atoms with Gasteiger partial charge >= 0.3 is 5.69 Å². The number of nitro groups is 1. The number of ether oxygens (including phenoxy) is 1. The van der Waals surface area contributed by atoms with Crippen LogP contribution in [-0.2, 0) is 0 Å². The standard InChI is InChI=1S/C15H13ClN4O4S/c1-24-12-4-2-11(3-5-12)18-15(25)19-17-8-9-6-10(16)7-13(14(9)21)20(22)23/h2-8,21H,1H3,(H2,18,19,25)/b17-8+. The number of nitrogens with zero attached hydrogens (tertiary/aromatic N) is 2. The van der Waals surface area contributed by atoms with Crippen molar-refractivity contribution in [3.8, 4) is 11.5 Å². The second kappa shape index (κ2) is 8.27. The minimum absolute atomic E-state index is 0.0824. The molecule has 0 unspecified atom stereocenters. The summed E-state index contributed by atoms with van der Waals surface area (Å²) in [5.41, 5.74) is 2.83. The zero-order valence-electron chi connectivity index (χ0n) is 12.9. The van der Waals surface area contributed by atoms with E-state index >= 15 is 0 Å². The predicted molar refractivity (Wildman–Crippen MR) is 99.7 cm³/mol. The van der Waals surface area contributed by atoms with Crippen molar-refractivity contribution in [2.75, 3.05) is 12.4 Å². The molecule has 0 bridgehead atoms. The van der Waals surface area contributed by atoms with Gasteiger partial charge in [0.1, 0.15) is 5.75 Å². The third-order valence-corrected chi connectivity index (χ3v) is 3.41. The van der Waals surface area contributed by atoms with Crippen molar-refractivity contribution in [2.45, 2.75) is 0 Å². The summed E-state index contributed by atoms with van der Waals surface area (Å²) in [4.78, 5) is 10.1. The van der Waals surface area contributed by atoms with Crippen LogP contribution in [-0.4, -0.2) is 28.5 Å². The van der Waals surface area contributed by atoms with E-state index < -0.39 is 16.4 Å². The van der Waals surface area contributed by atoms with E-state index in [1.807, 2.05) is 0 Å². The van der Waals surface area contributed by atoms with Crippen LogP contribution in [0.25, 0.3) is 0 Å². The summed E-state index contributed by atoms with van der Waals surface area (Å²) >= 11 is 10.9. The molecule has 0 atom stereocenters. The van der Waals surface area contributed by atoms with Crippen LogP contribution in [0.3, 0.4) is 0 Å². The van der Waals surface area contributed by atoms with Crippen molar-refractivity contribution in [1.82, 2.24) is 5.43 Å². The van der Waals surface area contributed by atoms with Gasteiger partial charge in [-0.3, -0.25) is 15.5 Å². The molecule has 2 rings (SSSR count). The van der Waals surface area contributed by atoms with Crippen molar-refractivity contribution in [1.29, 1.82) is 0 Å². The Morgan fingerprint density at radius 3 is 2.68 bits per heavy atom. The Morgan fingerprint density at radius 2 is 2.08 bits per heavy atom. The average molecular weight is 381 g/mol. The van der Waals surface area contributed by atoms with Crippen LogP contribution < -0.4 is 15.5 Å². The van der Waals surface area contributed by atoms with E-state index in [1.54, 1.807) is 31.4 Å². The van der Waals surface area contributed by atoms with Crippen molar-refractivity contribution >= 4 is 46.5 Å². The van der Waals surface area contributed by atoms with Crippen LogP contribution in [0.1, 0.15) is 5.56 Å². The number of hydrogen-bond donors (Lipinski definition) is 3. The molecule has 0 saturated heterocycles. The second-order valence-corrected chi connectivity index (χ2v) is 5.52. The number of nitro benzene ring substituents is 1. The molecule has 2 aromatic carbocycles. The number of phenols is 1. The van der Waals surface area contributed by atoms with Crippen molar-refractivity contribution in [3.63, 3.8) is 0 Å². The molecule has 2 aromatic rings. The molecule has 130 valence electrons. The van der Waals surface area contributed by atoms with Gasteiger partial charge in [-0.25, -0.2) is 0 Å². The Balaban J connectivity index is 2.02. The van der Waals surface area contributed by atoms with E-state index in [1.165, 1.54) is 12.3 Å². The van der Waals surface area contributed by atoms with Gasteiger partial charge in [-0.05, 0) is 42.5 Å². The number of methoxy groups -OCH3 is 1. The number of thiocarbonyl (C=S) groups is 1. The highest BCUT2D eigenvalue weighted by molar-refractivity contribution is 7.80. The Labute approximate surface area is 153 Å². The normalized spacial score (nSPS) is 10.5. The van der Waals surface area contributed by atoms with E-state index in [0.29, 0.717) is 5.75 Å². The van der Waals surface area contributed by atoms with Gasteiger partial charge < -0.3 is 15.2 Å². The Kier molecular flexibility index (Phi) is 6.09. The number of anilines is 1. The highest BCUT2D eigenvalue weighted by Crippen LogP contribution is 2.32. The first-order valence-corrected chi connectivity index (χ1v) is 7.60. The number of phenolic OH excluding ortho intramolecular Hbond substituents is 1. The Bertz CT molecular complexity index is 827. The minimum atomic E-state index is -0.734. The second-order valence-electron chi connectivity index (χ2n) is 4.67.